The molecule has 0 radical (unpaired) electrons. The number of aromatic nitrogens is 3. The number of hydrogen-bond acceptors (Lipinski definition) is 4. The second-order valence-electron chi connectivity index (χ2n) is 3.64. The Hall–Kier alpha value is -0.940. The van der Waals surface area contributed by atoms with Crippen molar-refractivity contribution in [3.05, 3.63) is 12.4 Å². The monoisotopic (exact) mass is 181 g/mol. The zero-order valence-electron chi connectivity index (χ0n) is 8.01. The van der Waals surface area contributed by atoms with Gasteiger partial charge in [0, 0.05) is 25.3 Å². The van der Waals surface area contributed by atoms with Gasteiger partial charge in [-0.05, 0) is 14.1 Å². The van der Waals surface area contributed by atoms with E-state index in [1.807, 2.05) is 10.9 Å². The summed E-state index contributed by atoms with van der Waals surface area (Å²) in [5.74, 6) is 0. The Labute approximate surface area is 77.7 Å². The third kappa shape index (κ3) is 1.57. The number of hydrogen-bond donors (Lipinski definition) is 1. The average Bonchev–Trinajstić information content (AvgIpc) is 2.74. The van der Waals surface area contributed by atoms with Gasteiger partial charge >= 0.3 is 0 Å². The maximum absolute atomic E-state index is 4.03. The molecule has 5 nitrogen and oxygen atoms in total. The van der Waals surface area contributed by atoms with Crippen molar-refractivity contribution < 1.29 is 0 Å². The summed E-state index contributed by atoms with van der Waals surface area (Å²) in [6.45, 7) is 2.00. The van der Waals surface area contributed by atoms with Crippen LogP contribution in [0.3, 0.4) is 0 Å². The fourth-order valence-electron chi connectivity index (χ4n) is 1.84. The number of rotatable bonds is 2. The number of likely N-dealkylation sites (N-methyl/N-ethyl adjacent to an activating group) is 1. The molecule has 0 spiro atoms. The number of nitrogens with one attached hydrogen (secondary N) is 1. The first-order valence-electron chi connectivity index (χ1n) is 4.52. The van der Waals surface area contributed by atoms with Gasteiger partial charge in [0.15, 0.2) is 0 Å². The molecule has 2 rings (SSSR count). The molecule has 2 heterocycles. The van der Waals surface area contributed by atoms with Gasteiger partial charge in [-0.15, -0.1) is 5.10 Å². The lowest BCUT2D eigenvalue weighted by Gasteiger charge is -2.24. The Morgan fingerprint density at radius 3 is 2.92 bits per heavy atom. The van der Waals surface area contributed by atoms with E-state index < -0.39 is 0 Å². The van der Waals surface area contributed by atoms with Crippen molar-refractivity contribution in [3.63, 3.8) is 0 Å². The standard InChI is InChI=1S/C8H15N5/c1-12(2)7-5-9-6-8(7)13-4-3-10-11-13/h3-4,7-9H,5-6H2,1-2H3. The first-order chi connectivity index (χ1) is 6.29. The lowest BCUT2D eigenvalue weighted by Crippen LogP contribution is -2.36. The van der Waals surface area contributed by atoms with Crippen LogP contribution < -0.4 is 5.32 Å². The molecule has 2 atom stereocenters. The molecule has 2 unspecified atom stereocenters. The van der Waals surface area contributed by atoms with Gasteiger partial charge in [0.2, 0.25) is 0 Å². The molecule has 72 valence electrons. The molecule has 0 aliphatic carbocycles. The summed E-state index contributed by atoms with van der Waals surface area (Å²) in [4.78, 5) is 2.23. The Morgan fingerprint density at radius 1 is 1.46 bits per heavy atom. The largest absolute Gasteiger partial charge is 0.313 e. The van der Waals surface area contributed by atoms with Gasteiger partial charge in [0.25, 0.3) is 0 Å². The third-order valence-electron chi connectivity index (χ3n) is 2.60. The minimum atomic E-state index is 0.414. The van der Waals surface area contributed by atoms with Crippen molar-refractivity contribution in [2.45, 2.75) is 12.1 Å². The summed E-state index contributed by atoms with van der Waals surface area (Å²) in [7, 11) is 4.20. The van der Waals surface area contributed by atoms with Crippen LogP contribution in [-0.4, -0.2) is 53.1 Å². The minimum absolute atomic E-state index is 0.414. The van der Waals surface area contributed by atoms with E-state index in [9.17, 15) is 0 Å². The van der Waals surface area contributed by atoms with E-state index in [0.717, 1.165) is 13.1 Å². The van der Waals surface area contributed by atoms with E-state index in [1.54, 1.807) is 6.20 Å². The summed E-state index contributed by atoms with van der Waals surface area (Å²) >= 11 is 0. The van der Waals surface area contributed by atoms with E-state index in [4.69, 9.17) is 0 Å². The van der Waals surface area contributed by atoms with Crippen molar-refractivity contribution in [2.24, 2.45) is 0 Å². The lowest BCUT2D eigenvalue weighted by molar-refractivity contribution is 0.243. The van der Waals surface area contributed by atoms with Crippen LogP contribution in [-0.2, 0) is 0 Å². The molecule has 0 amide bonds. The van der Waals surface area contributed by atoms with Gasteiger partial charge in [-0.2, -0.15) is 0 Å². The van der Waals surface area contributed by atoms with Crippen LogP contribution >= 0.6 is 0 Å². The predicted molar refractivity (Wildman–Crippen MR) is 49.4 cm³/mol. The van der Waals surface area contributed by atoms with Gasteiger partial charge in [0.1, 0.15) is 0 Å². The Balaban J connectivity index is 2.14. The highest BCUT2D eigenvalue weighted by Crippen LogP contribution is 2.17. The summed E-state index contributed by atoms with van der Waals surface area (Å²) < 4.78 is 1.94. The highest BCUT2D eigenvalue weighted by atomic mass is 15.4. The van der Waals surface area contributed by atoms with Crippen molar-refractivity contribution >= 4 is 0 Å². The van der Waals surface area contributed by atoms with Gasteiger partial charge in [-0.1, -0.05) is 5.21 Å². The topological polar surface area (TPSA) is 46.0 Å². The first-order valence-corrected chi connectivity index (χ1v) is 4.52. The number of nitrogens with zero attached hydrogens (tertiary/aromatic N) is 4. The summed E-state index contributed by atoms with van der Waals surface area (Å²) in [5, 5.41) is 11.2. The van der Waals surface area contributed by atoms with E-state index in [1.165, 1.54) is 0 Å². The first kappa shape index (κ1) is 8.65. The van der Waals surface area contributed by atoms with Crippen LogP contribution in [0, 0.1) is 0 Å². The molecule has 1 aliphatic rings. The van der Waals surface area contributed by atoms with Crippen LogP contribution in [0.1, 0.15) is 6.04 Å². The fraction of sp³-hybridized carbons (Fsp3) is 0.750. The van der Waals surface area contributed by atoms with Gasteiger partial charge in [-0.25, -0.2) is 4.68 Å². The van der Waals surface area contributed by atoms with E-state index in [0.29, 0.717) is 12.1 Å². The molecule has 1 aliphatic heterocycles. The quantitative estimate of drug-likeness (QED) is 0.659. The average molecular weight is 181 g/mol. The van der Waals surface area contributed by atoms with Crippen molar-refractivity contribution in [1.82, 2.24) is 25.2 Å². The van der Waals surface area contributed by atoms with Crippen LogP contribution in [0.5, 0.6) is 0 Å². The molecule has 1 aromatic rings. The summed E-state index contributed by atoms with van der Waals surface area (Å²) in [6.07, 6.45) is 3.65. The molecule has 0 aromatic carbocycles. The third-order valence-corrected chi connectivity index (χ3v) is 2.60. The zero-order chi connectivity index (χ0) is 9.26. The summed E-state index contributed by atoms with van der Waals surface area (Å²) in [6, 6.07) is 0.930. The second-order valence-corrected chi connectivity index (χ2v) is 3.64. The Morgan fingerprint density at radius 2 is 2.31 bits per heavy atom. The molecule has 1 N–H and O–H groups in total. The lowest BCUT2D eigenvalue weighted by atomic mass is 10.1. The normalized spacial score (nSPS) is 28.5. The van der Waals surface area contributed by atoms with Gasteiger partial charge in [-0.3, -0.25) is 0 Å². The van der Waals surface area contributed by atoms with Crippen LogP contribution in [0.2, 0.25) is 0 Å². The molecule has 13 heavy (non-hydrogen) atoms. The molecule has 1 fully saturated rings. The SMILES string of the molecule is CN(C)C1CNCC1n1ccnn1. The maximum atomic E-state index is 4.03. The Kier molecular flexibility index (Phi) is 2.28. The second kappa shape index (κ2) is 3.43. The molecule has 1 aromatic heterocycles. The minimum Gasteiger partial charge on any atom is -0.313 e. The highest BCUT2D eigenvalue weighted by molar-refractivity contribution is 4.90. The fourth-order valence-corrected chi connectivity index (χ4v) is 1.84. The van der Waals surface area contributed by atoms with E-state index in [-0.39, 0.29) is 0 Å². The van der Waals surface area contributed by atoms with Crippen molar-refractivity contribution in [2.75, 3.05) is 27.2 Å². The van der Waals surface area contributed by atoms with Crippen LogP contribution in [0.15, 0.2) is 12.4 Å². The molecule has 0 saturated carbocycles. The smallest absolute Gasteiger partial charge is 0.0828 e. The molecular weight excluding hydrogens is 166 g/mol. The molecule has 5 heteroatoms. The van der Waals surface area contributed by atoms with Crippen molar-refractivity contribution in [1.29, 1.82) is 0 Å². The predicted octanol–water partition coefficient (Wildman–Crippen LogP) is -0.647. The molecule has 1 saturated heterocycles. The van der Waals surface area contributed by atoms with E-state index >= 15 is 0 Å². The Bertz CT molecular complexity index is 256. The van der Waals surface area contributed by atoms with Crippen molar-refractivity contribution in [3.8, 4) is 0 Å². The van der Waals surface area contributed by atoms with Gasteiger partial charge < -0.3 is 10.2 Å². The van der Waals surface area contributed by atoms with E-state index in [2.05, 4.69) is 34.6 Å². The highest BCUT2D eigenvalue weighted by Gasteiger charge is 2.30. The molecular formula is C8H15N5. The summed E-state index contributed by atoms with van der Waals surface area (Å²) in [5.41, 5.74) is 0. The maximum Gasteiger partial charge on any atom is 0.0828 e. The van der Waals surface area contributed by atoms with Gasteiger partial charge in [0.05, 0.1) is 12.2 Å². The van der Waals surface area contributed by atoms with Crippen LogP contribution in [0.4, 0.5) is 0 Å². The zero-order valence-corrected chi connectivity index (χ0v) is 8.01. The van der Waals surface area contributed by atoms with Crippen LogP contribution in [0.25, 0.3) is 0 Å². The molecule has 0 bridgehead atoms.